The summed E-state index contributed by atoms with van der Waals surface area (Å²) in [6, 6.07) is 2.16. The van der Waals surface area contributed by atoms with E-state index in [2.05, 4.69) is 22.4 Å². The van der Waals surface area contributed by atoms with Crippen molar-refractivity contribution in [2.45, 2.75) is 25.8 Å². The quantitative estimate of drug-likeness (QED) is 0.845. The Hall–Kier alpha value is -2.05. The standard InChI is InChI=1S/C12H13F2N5/c1-6-2-7(3-6)19-12(16-17-18-19)8-4-11(15)10(14)5-9(8)13/h4-7H,2-3,15H2,1H3. The van der Waals surface area contributed by atoms with Crippen molar-refractivity contribution < 1.29 is 8.78 Å². The molecule has 2 aromatic rings. The topological polar surface area (TPSA) is 69.6 Å². The number of nitrogens with zero attached hydrogens (tertiary/aromatic N) is 4. The summed E-state index contributed by atoms with van der Waals surface area (Å²) in [5.41, 5.74) is 5.48. The van der Waals surface area contributed by atoms with Crippen LogP contribution in [0, 0.1) is 17.6 Å². The van der Waals surface area contributed by atoms with Crippen LogP contribution >= 0.6 is 0 Å². The van der Waals surface area contributed by atoms with Gasteiger partial charge in [-0.1, -0.05) is 6.92 Å². The minimum Gasteiger partial charge on any atom is -0.396 e. The number of hydrogen-bond acceptors (Lipinski definition) is 4. The first-order chi connectivity index (χ1) is 9.06. The van der Waals surface area contributed by atoms with Crippen LogP contribution < -0.4 is 5.73 Å². The van der Waals surface area contributed by atoms with E-state index in [0.29, 0.717) is 11.7 Å². The van der Waals surface area contributed by atoms with Crippen molar-refractivity contribution in [2.24, 2.45) is 5.92 Å². The van der Waals surface area contributed by atoms with Crippen molar-refractivity contribution in [2.75, 3.05) is 5.73 Å². The number of hydrogen-bond donors (Lipinski definition) is 1. The molecule has 1 aromatic carbocycles. The van der Waals surface area contributed by atoms with E-state index in [9.17, 15) is 8.78 Å². The summed E-state index contributed by atoms with van der Waals surface area (Å²) in [5.74, 6) is -0.584. The van der Waals surface area contributed by atoms with Crippen LogP contribution in [0.1, 0.15) is 25.8 Å². The van der Waals surface area contributed by atoms with Gasteiger partial charge >= 0.3 is 0 Å². The van der Waals surface area contributed by atoms with Gasteiger partial charge in [0.1, 0.15) is 11.6 Å². The molecule has 1 heterocycles. The summed E-state index contributed by atoms with van der Waals surface area (Å²) < 4.78 is 28.6. The number of nitrogen functional groups attached to an aromatic ring is 1. The van der Waals surface area contributed by atoms with E-state index in [4.69, 9.17) is 5.73 Å². The molecule has 0 spiro atoms. The third kappa shape index (κ3) is 1.94. The highest BCUT2D eigenvalue weighted by atomic mass is 19.1. The summed E-state index contributed by atoms with van der Waals surface area (Å²) in [4.78, 5) is 0. The minimum absolute atomic E-state index is 0.118. The molecule has 1 aliphatic carbocycles. The second-order valence-electron chi connectivity index (χ2n) is 5.03. The molecule has 0 atom stereocenters. The van der Waals surface area contributed by atoms with Gasteiger partial charge in [-0.2, -0.15) is 0 Å². The zero-order valence-electron chi connectivity index (χ0n) is 10.3. The first kappa shape index (κ1) is 12.0. The number of rotatable bonds is 2. The number of tetrazole rings is 1. The molecule has 1 saturated carbocycles. The Morgan fingerprint density at radius 2 is 2.00 bits per heavy atom. The molecule has 1 aromatic heterocycles. The number of nitrogens with two attached hydrogens (primary N) is 1. The fourth-order valence-corrected chi connectivity index (χ4v) is 2.41. The van der Waals surface area contributed by atoms with Crippen LogP contribution in [0.3, 0.4) is 0 Å². The van der Waals surface area contributed by atoms with Gasteiger partial charge in [0.2, 0.25) is 0 Å². The molecule has 5 nitrogen and oxygen atoms in total. The van der Waals surface area contributed by atoms with Gasteiger partial charge in [-0.3, -0.25) is 0 Å². The molecule has 3 rings (SSSR count). The number of aromatic nitrogens is 4. The maximum atomic E-state index is 13.8. The molecule has 2 N–H and O–H groups in total. The molecule has 1 aliphatic rings. The third-order valence-electron chi connectivity index (χ3n) is 3.51. The van der Waals surface area contributed by atoms with Gasteiger partial charge < -0.3 is 5.73 Å². The Morgan fingerprint density at radius 1 is 1.26 bits per heavy atom. The van der Waals surface area contributed by atoms with Gasteiger partial charge in [0.05, 0.1) is 17.3 Å². The second kappa shape index (κ2) is 4.25. The van der Waals surface area contributed by atoms with Gasteiger partial charge in [0.25, 0.3) is 0 Å². The molecule has 0 unspecified atom stereocenters. The third-order valence-corrected chi connectivity index (χ3v) is 3.51. The monoisotopic (exact) mass is 265 g/mol. The molecule has 100 valence electrons. The number of benzene rings is 1. The molecule has 19 heavy (non-hydrogen) atoms. The zero-order chi connectivity index (χ0) is 13.6. The molecule has 7 heteroatoms. The summed E-state index contributed by atoms with van der Waals surface area (Å²) in [5, 5.41) is 11.3. The highest BCUT2D eigenvalue weighted by molar-refractivity contribution is 5.62. The summed E-state index contributed by atoms with van der Waals surface area (Å²) >= 11 is 0. The predicted molar refractivity (Wildman–Crippen MR) is 65.0 cm³/mol. The average molecular weight is 265 g/mol. The van der Waals surface area contributed by atoms with Crippen molar-refractivity contribution >= 4 is 5.69 Å². The average Bonchev–Trinajstić information content (AvgIpc) is 2.78. The van der Waals surface area contributed by atoms with Crippen LogP contribution in [-0.4, -0.2) is 20.2 Å². The SMILES string of the molecule is CC1CC(n2nnnc2-c2cc(N)c(F)cc2F)C1. The van der Waals surface area contributed by atoms with E-state index in [1.165, 1.54) is 6.07 Å². The van der Waals surface area contributed by atoms with E-state index in [-0.39, 0.29) is 17.3 Å². The van der Waals surface area contributed by atoms with Gasteiger partial charge in [0.15, 0.2) is 5.82 Å². The summed E-state index contributed by atoms with van der Waals surface area (Å²) in [6.45, 7) is 2.14. The largest absolute Gasteiger partial charge is 0.396 e. The number of halogens is 2. The lowest BCUT2D eigenvalue weighted by molar-refractivity contribution is 0.199. The van der Waals surface area contributed by atoms with Crippen LogP contribution in [-0.2, 0) is 0 Å². The molecule has 0 amide bonds. The van der Waals surface area contributed by atoms with Crippen molar-refractivity contribution in [3.63, 3.8) is 0 Å². The first-order valence-corrected chi connectivity index (χ1v) is 6.09. The normalized spacial score (nSPS) is 22.3. The van der Waals surface area contributed by atoms with Crippen molar-refractivity contribution in [3.05, 3.63) is 23.8 Å². The van der Waals surface area contributed by atoms with Crippen LogP contribution in [0.4, 0.5) is 14.5 Å². The smallest absolute Gasteiger partial charge is 0.185 e. The summed E-state index contributed by atoms with van der Waals surface area (Å²) in [6.07, 6.45) is 1.91. The van der Waals surface area contributed by atoms with E-state index in [1.807, 2.05) is 0 Å². The van der Waals surface area contributed by atoms with Crippen LogP contribution in [0.5, 0.6) is 0 Å². The number of anilines is 1. The second-order valence-corrected chi connectivity index (χ2v) is 5.03. The zero-order valence-corrected chi connectivity index (χ0v) is 10.3. The fourth-order valence-electron chi connectivity index (χ4n) is 2.41. The molecule has 0 saturated heterocycles. The minimum atomic E-state index is -0.780. The maximum absolute atomic E-state index is 13.8. The first-order valence-electron chi connectivity index (χ1n) is 6.09. The van der Waals surface area contributed by atoms with E-state index < -0.39 is 11.6 Å². The van der Waals surface area contributed by atoms with Crippen LogP contribution in [0.2, 0.25) is 0 Å². The van der Waals surface area contributed by atoms with Crippen molar-refractivity contribution in [1.82, 2.24) is 20.2 Å². The lowest BCUT2D eigenvalue weighted by Crippen LogP contribution is -2.26. The molecule has 1 fully saturated rings. The van der Waals surface area contributed by atoms with Crippen molar-refractivity contribution in [1.29, 1.82) is 0 Å². The van der Waals surface area contributed by atoms with E-state index >= 15 is 0 Å². The fraction of sp³-hybridized carbons (Fsp3) is 0.417. The predicted octanol–water partition coefficient (Wildman–Crippen LogP) is 2.17. The summed E-state index contributed by atoms with van der Waals surface area (Å²) in [7, 11) is 0. The van der Waals surface area contributed by atoms with Gasteiger partial charge in [0, 0.05) is 6.07 Å². The van der Waals surface area contributed by atoms with Gasteiger partial charge in [-0.25, -0.2) is 13.5 Å². The highest BCUT2D eigenvalue weighted by Crippen LogP contribution is 2.39. The maximum Gasteiger partial charge on any atom is 0.185 e. The van der Waals surface area contributed by atoms with E-state index in [1.54, 1.807) is 4.68 Å². The van der Waals surface area contributed by atoms with Crippen LogP contribution in [0.15, 0.2) is 12.1 Å². The Bertz CT molecular complexity index is 619. The Balaban J connectivity index is 2.03. The lowest BCUT2D eigenvalue weighted by Gasteiger charge is -2.32. The molecular formula is C12H13F2N5. The molecule has 0 bridgehead atoms. The molecular weight excluding hydrogens is 252 g/mol. The molecule has 0 radical (unpaired) electrons. The van der Waals surface area contributed by atoms with Gasteiger partial charge in [-0.05, 0) is 35.3 Å². The molecule has 0 aliphatic heterocycles. The Morgan fingerprint density at radius 3 is 2.68 bits per heavy atom. The van der Waals surface area contributed by atoms with Crippen LogP contribution in [0.25, 0.3) is 11.4 Å². The van der Waals surface area contributed by atoms with Gasteiger partial charge in [-0.15, -0.1) is 5.10 Å². The Labute approximate surface area is 108 Å². The van der Waals surface area contributed by atoms with Crippen molar-refractivity contribution in [3.8, 4) is 11.4 Å². The lowest BCUT2D eigenvalue weighted by atomic mass is 9.82. The van der Waals surface area contributed by atoms with E-state index in [0.717, 1.165) is 18.9 Å². The highest BCUT2D eigenvalue weighted by Gasteiger charge is 2.31. The Kier molecular flexibility index (Phi) is 2.69.